The summed E-state index contributed by atoms with van der Waals surface area (Å²) in [5.74, 6) is 1.01. The molecule has 0 saturated carbocycles. The topological polar surface area (TPSA) is 33.3 Å². The van der Waals surface area contributed by atoms with Crippen LogP contribution in [0.4, 0.5) is 5.69 Å². The highest BCUT2D eigenvalue weighted by molar-refractivity contribution is 5.63. The maximum atomic E-state index is 5.77. The van der Waals surface area contributed by atoms with Crippen LogP contribution in [0.5, 0.6) is 5.75 Å². The Balaban J connectivity index is 2.25. The Bertz CT molecular complexity index is 363. The summed E-state index contributed by atoms with van der Waals surface area (Å²) in [5.41, 5.74) is 3.60. The predicted octanol–water partition coefficient (Wildman–Crippen LogP) is 1.70. The van der Waals surface area contributed by atoms with Gasteiger partial charge in [-0.15, -0.1) is 0 Å². The van der Waals surface area contributed by atoms with E-state index in [0.717, 1.165) is 24.6 Å². The Labute approximate surface area is 90.8 Å². The molecule has 0 bridgehead atoms. The van der Waals surface area contributed by atoms with Crippen LogP contribution in [0, 0.1) is 13.8 Å². The van der Waals surface area contributed by atoms with E-state index < -0.39 is 0 Å². The van der Waals surface area contributed by atoms with Crippen LogP contribution in [0.15, 0.2) is 12.1 Å². The van der Waals surface area contributed by atoms with Crippen molar-refractivity contribution in [1.29, 1.82) is 0 Å². The normalized spacial score (nSPS) is 19.0. The van der Waals surface area contributed by atoms with Gasteiger partial charge in [-0.05, 0) is 38.1 Å². The lowest BCUT2D eigenvalue weighted by molar-refractivity contribution is 0.280. The van der Waals surface area contributed by atoms with Crippen molar-refractivity contribution in [3.63, 3.8) is 0 Å². The Morgan fingerprint density at radius 1 is 1.47 bits per heavy atom. The summed E-state index contributed by atoms with van der Waals surface area (Å²) in [6.07, 6.45) is 0. The largest absolute Gasteiger partial charge is 0.489 e. The average molecular weight is 206 g/mol. The number of hydrogen-bond donors (Lipinski definition) is 2. The van der Waals surface area contributed by atoms with E-state index in [9.17, 15) is 0 Å². The highest BCUT2D eigenvalue weighted by atomic mass is 16.5. The third kappa shape index (κ3) is 2.07. The maximum Gasteiger partial charge on any atom is 0.145 e. The highest BCUT2D eigenvalue weighted by Crippen LogP contribution is 2.33. The van der Waals surface area contributed by atoms with Gasteiger partial charge in [-0.1, -0.05) is 6.07 Å². The van der Waals surface area contributed by atoms with Crippen LogP contribution in [0.2, 0.25) is 0 Å². The molecule has 1 aliphatic rings. The molecule has 1 aliphatic heterocycles. The number of likely N-dealkylation sites (N-methyl/N-ethyl adjacent to an activating group) is 1. The fraction of sp³-hybridized carbons (Fsp3) is 0.500. The van der Waals surface area contributed by atoms with Crippen molar-refractivity contribution in [3.05, 3.63) is 23.3 Å². The lowest BCUT2D eigenvalue weighted by Crippen LogP contribution is -2.39. The van der Waals surface area contributed by atoms with Crippen LogP contribution in [0.1, 0.15) is 11.1 Å². The first-order chi connectivity index (χ1) is 7.20. The second-order valence-corrected chi connectivity index (χ2v) is 4.17. The van der Waals surface area contributed by atoms with E-state index in [1.165, 1.54) is 11.1 Å². The van der Waals surface area contributed by atoms with Crippen LogP contribution in [0.3, 0.4) is 0 Å². The van der Waals surface area contributed by atoms with E-state index in [1.54, 1.807) is 0 Å². The molecule has 1 heterocycles. The number of aryl methyl sites for hydroxylation is 2. The van der Waals surface area contributed by atoms with Crippen LogP contribution in [-0.2, 0) is 0 Å². The van der Waals surface area contributed by atoms with E-state index in [1.807, 2.05) is 7.05 Å². The van der Waals surface area contributed by atoms with Crippen LogP contribution >= 0.6 is 0 Å². The molecule has 1 aromatic rings. The van der Waals surface area contributed by atoms with Crippen LogP contribution in [-0.4, -0.2) is 26.2 Å². The van der Waals surface area contributed by atoms with E-state index in [2.05, 4.69) is 36.6 Å². The minimum absolute atomic E-state index is 0.365. The number of fused-ring (bicyclic) bond motifs is 1. The molecule has 15 heavy (non-hydrogen) atoms. The Morgan fingerprint density at radius 3 is 3.00 bits per heavy atom. The van der Waals surface area contributed by atoms with Gasteiger partial charge in [-0.25, -0.2) is 0 Å². The SMILES string of the molecule is CNCC1COc2c(C)cc(C)cc2N1. The molecular formula is C12H18N2O. The van der Waals surface area contributed by atoms with Gasteiger partial charge in [0.25, 0.3) is 0 Å². The Hall–Kier alpha value is -1.22. The summed E-state index contributed by atoms with van der Waals surface area (Å²) in [5, 5.41) is 6.65. The monoisotopic (exact) mass is 206 g/mol. The third-order valence-corrected chi connectivity index (χ3v) is 2.66. The first-order valence-electron chi connectivity index (χ1n) is 5.36. The molecule has 0 spiro atoms. The number of benzene rings is 1. The van der Waals surface area contributed by atoms with Gasteiger partial charge in [0.15, 0.2) is 0 Å². The van der Waals surface area contributed by atoms with Crippen LogP contribution in [0.25, 0.3) is 0 Å². The van der Waals surface area contributed by atoms with Gasteiger partial charge in [-0.3, -0.25) is 0 Å². The predicted molar refractivity (Wildman–Crippen MR) is 62.7 cm³/mol. The summed E-state index contributed by atoms with van der Waals surface area (Å²) in [7, 11) is 1.96. The van der Waals surface area contributed by atoms with Gasteiger partial charge < -0.3 is 15.4 Å². The smallest absolute Gasteiger partial charge is 0.145 e. The van der Waals surface area contributed by atoms with Gasteiger partial charge in [-0.2, -0.15) is 0 Å². The standard InChI is InChI=1S/C12H18N2O/c1-8-4-9(2)12-11(5-8)14-10(6-13-3)7-15-12/h4-5,10,13-14H,6-7H2,1-3H3. The number of hydrogen-bond acceptors (Lipinski definition) is 3. The second-order valence-electron chi connectivity index (χ2n) is 4.17. The molecule has 0 aromatic heterocycles. The zero-order valence-corrected chi connectivity index (χ0v) is 9.55. The summed E-state index contributed by atoms with van der Waals surface area (Å²) < 4.78 is 5.77. The summed E-state index contributed by atoms with van der Waals surface area (Å²) in [6.45, 7) is 5.85. The molecule has 1 aromatic carbocycles. The molecule has 0 radical (unpaired) electrons. The lowest BCUT2D eigenvalue weighted by Gasteiger charge is -2.28. The van der Waals surface area contributed by atoms with E-state index >= 15 is 0 Å². The summed E-state index contributed by atoms with van der Waals surface area (Å²) in [4.78, 5) is 0. The molecular weight excluding hydrogens is 188 g/mol. The van der Waals surface area contributed by atoms with E-state index in [4.69, 9.17) is 4.74 Å². The first kappa shape index (κ1) is 10.3. The highest BCUT2D eigenvalue weighted by Gasteiger charge is 2.19. The molecule has 2 rings (SSSR count). The van der Waals surface area contributed by atoms with E-state index in [-0.39, 0.29) is 0 Å². The number of nitrogens with one attached hydrogen (secondary N) is 2. The van der Waals surface area contributed by atoms with Crippen molar-refractivity contribution in [2.24, 2.45) is 0 Å². The molecule has 1 unspecified atom stereocenters. The van der Waals surface area contributed by atoms with Crippen molar-refractivity contribution in [2.45, 2.75) is 19.9 Å². The van der Waals surface area contributed by atoms with Crippen molar-refractivity contribution in [2.75, 3.05) is 25.5 Å². The van der Waals surface area contributed by atoms with Gasteiger partial charge >= 0.3 is 0 Å². The van der Waals surface area contributed by atoms with Crippen LogP contribution < -0.4 is 15.4 Å². The summed E-state index contributed by atoms with van der Waals surface area (Å²) in [6, 6.07) is 4.66. The molecule has 2 N–H and O–H groups in total. The number of anilines is 1. The molecule has 0 fully saturated rings. The zero-order valence-electron chi connectivity index (χ0n) is 9.55. The quantitative estimate of drug-likeness (QED) is 0.772. The zero-order chi connectivity index (χ0) is 10.8. The Morgan fingerprint density at radius 2 is 2.27 bits per heavy atom. The lowest BCUT2D eigenvalue weighted by atomic mass is 10.1. The van der Waals surface area contributed by atoms with Gasteiger partial charge in [0.2, 0.25) is 0 Å². The molecule has 0 aliphatic carbocycles. The molecule has 0 saturated heterocycles. The fourth-order valence-electron chi connectivity index (χ4n) is 2.06. The van der Waals surface area contributed by atoms with Crippen molar-refractivity contribution in [1.82, 2.24) is 5.32 Å². The van der Waals surface area contributed by atoms with Crippen molar-refractivity contribution in [3.8, 4) is 5.75 Å². The van der Waals surface area contributed by atoms with Crippen molar-refractivity contribution >= 4 is 5.69 Å². The van der Waals surface area contributed by atoms with Gasteiger partial charge in [0.05, 0.1) is 11.7 Å². The fourth-order valence-corrected chi connectivity index (χ4v) is 2.06. The molecule has 0 amide bonds. The number of ether oxygens (including phenoxy) is 1. The second kappa shape index (κ2) is 4.11. The van der Waals surface area contributed by atoms with Gasteiger partial charge in [0, 0.05) is 6.54 Å². The van der Waals surface area contributed by atoms with Crippen molar-refractivity contribution < 1.29 is 4.74 Å². The first-order valence-corrected chi connectivity index (χ1v) is 5.36. The minimum atomic E-state index is 0.365. The molecule has 3 heteroatoms. The molecule has 1 atom stereocenters. The van der Waals surface area contributed by atoms with Gasteiger partial charge in [0.1, 0.15) is 12.4 Å². The molecule has 82 valence electrons. The average Bonchev–Trinajstić information content (AvgIpc) is 2.17. The summed E-state index contributed by atoms with van der Waals surface area (Å²) >= 11 is 0. The third-order valence-electron chi connectivity index (χ3n) is 2.66. The van der Waals surface area contributed by atoms with E-state index in [0.29, 0.717) is 6.04 Å². The number of rotatable bonds is 2. The minimum Gasteiger partial charge on any atom is -0.489 e. The Kier molecular flexibility index (Phi) is 2.82. The maximum absolute atomic E-state index is 5.77. The molecule has 3 nitrogen and oxygen atoms in total.